The number of amides is 2. The van der Waals surface area contributed by atoms with Gasteiger partial charge >= 0.3 is 6.18 Å². The predicted octanol–water partition coefficient (Wildman–Crippen LogP) is 4.97. The Kier molecular flexibility index (Phi) is 7.82. The van der Waals surface area contributed by atoms with E-state index in [0.717, 1.165) is 10.6 Å². The van der Waals surface area contributed by atoms with Crippen molar-refractivity contribution in [1.29, 1.82) is 0 Å². The zero-order valence-corrected chi connectivity index (χ0v) is 22.2. The molecule has 1 aliphatic rings. The van der Waals surface area contributed by atoms with Crippen molar-refractivity contribution in [2.45, 2.75) is 51.7 Å². The van der Waals surface area contributed by atoms with Crippen molar-refractivity contribution in [1.82, 2.24) is 29.4 Å². The zero-order chi connectivity index (χ0) is 27.8. The van der Waals surface area contributed by atoms with Crippen molar-refractivity contribution >= 4 is 40.6 Å². The third-order valence-electron chi connectivity index (χ3n) is 6.76. The van der Waals surface area contributed by atoms with Crippen molar-refractivity contribution in [3.63, 3.8) is 0 Å². The molecule has 2 aromatic heterocycles. The molecule has 204 valence electrons. The molecule has 3 aromatic rings. The van der Waals surface area contributed by atoms with Crippen molar-refractivity contribution < 1.29 is 22.8 Å². The molecule has 1 fully saturated rings. The number of rotatable bonds is 6. The molecule has 4 rings (SSSR count). The quantitative estimate of drug-likeness (QED) is 0.465. The number of hydrogen-bond acceptors (Lipinski definition) is 6. The molecule has 1 aromatic carbocycles. The Bertz CT molecular complexity index is 1320. The number of alkyl halides is 3. The number of hydrogen-bond donors (Lipinski definition) is 1. The molecule has 13 heteroatoms. The summed E-state index contributed by atoms with van der Waals surface area (Å²) < 4.78 is 44.1. The van der Waals surface area contributed by atoms with E-state index in [0.29, 0.717) is 43.1 Å². The van der Waals surface area contributed by atoms with Gasteiger partial charge in [-0.2, -0.15) is 22.7 Å². The van der Waals surface area contributed by atoms with Crippen LogP contribution in [0, 0.1) is 5.92 Å². The van der Waals surface area contributed by atoms with E-state index >= 15 is 0 Å². The van der Waals surface area contributed by atoms with Gasteiger partial charge < -0.3 is 15.1 Å². The lowest BCUT2D eigenvalue weighted by atomic mass is 9.94. The minimum atomic E-state index is -4.68. The van der Waals surface area contributed by atoms with Crippen LogP contribution in [0.15, 0.2) is 30.5 Å². The van der Waals surface area contributed by atoms with Crippen LogP contribution in [0.3, 0.4) is 0 Å². The van der Waals surface area contributed by atoms with Crippen molar-refractivity contribution in [2.24, 2.45) is 5.92 Å². The van der Waals surface area contributed by atoms with Gasteiger partial charge in [-0.3, -0.25) is 9.59 Å². The summed E-state index contributed by atoms with van der Waals surface area (Å²) in [7, 11) is 1.18. The summed E-state index contributed by atoms with van der Waals surface area (Å²) >= 11 is 5.93. The topological polar surface area (TPSA) is 95.7 Å². The van der Waals surface area contributed by atoms with Crippen LogP contribution in [0.25, 0.3) is 5.78 Å². The van der Waals surface area contributed by atoms with Crippen LogP contribution in [0.4, 0.5) is 24.5 Å². The van der Waals surface area contributed by atoms with E-state index in [9.17, 15) is 22.8 Å². The van der Waals surface area contributed by atoms with Gasteiger partial charge in [0.25, 0.3) is 5.78 Å². The standard InChI is InChI=1S/C25H29ClF3N7O2/c1-14(2)20-19(13-30-24-32-23(26)33-36(20)24)31-18-7-5-16(6-8-18)21(25(27,28)29)34(4)22(38)17-9-11-35(12-10-17)15(3)37/h5-8,13-14,17,21,31H,9-12H2,1-4H3/t21-/m0/s1. The molecule has 1 N–H and O–H groups in total. The average Bonchev–Trinajstić information content (AvgIpc) is 3.23. The molecule has 3 heterocycles. The maximum atomic E-state index is 14.2. The normalized spacial score (nSPS) is 15.7. The average molecular weight is 552 g/mol. The van der Waals surface area contributed by atoms with Gasteiger partial charge in [-0.15, -0.1) is 5.10 Å². The predicted molar refractivity (Wildman–Crippen MR) is 136 cm³/mol. The number of benzene rings is 1. The highest BCUT2D eigenvalue weighted by atomic mass is 35.5. The Hall–Kier alpha value is -3.41. The number of likely N-dealkylation sites (tertiary alicyclic amines) is 1. The molecule has 0 aliphatic carbocycles. The van der Waals surface area contributed by atoms with Gasteiger partial charge in [0.15, 0.2) is 6.04 Å². The minimum Gasteiger partial charge on any atom is -0.353 e. The molecule has 0 bridgehead atoms. The molecule has 0 saturated carbocycles. The third-order valence-corrected chi connectivity index (χ3v) is 6.92. The van der Waals surface area contributed by atoms with E-state index in [-0.39, 0.29) is 22.7 Å². The second-order valence-electron chi connectivity index (χ2n) is 9.73. The van der Waals surface area contributed by atoms with Crippen LogP contribution in [-0.4, -0.2) is 67.5 Å². The minimum absolute atomic E-state index is 0.0108. The Labute approximate surface area is 223 Å². The Balaban J connectivity index is 1.55. The number of fused-ring (bicyclic) bond motifs is 1. The van der Waals surface area contributed by atoms with E-state index in [2.05, 4.69) is 20.4 Å². The highest BCUT2D eigenvalue weighted by Gasteiger charge is 2.46. The van der Waals surface area contributed by atoms with Crippen LogP contribution in [-0.2, 0) is 9.59 Å². The number of piperidine rings is 1. The smallest absolute Gasteiger partial charge is 0.353 e. The summed E-state index contributed by atoms with van der Waals surface area (Å²) in [6.07, 6.45) is -2.43. The molecular formula is C25H29ClF3N7O2. The fourth-order valence-electron chi connectivity index (χ4n) is 4.87. The lowest BCUT2D eigenvalue weighted by molar-refractivity contribution is -0.191. The third kappa shape index (κ3) is 5.69. The summed E-state index contributed by atoms with van der Waals surface area (Å²) in [6.45, 7) is 6.08. The Morgan fingerprint density at radius 1 is 1.16 bits per heavy atom. The largest absolute Gasteiger partial charge is 0.413 e. The van der Waals surface area contributed by atoms with Crippen molar-refractivity contribution in [3.8, 4) is 0 Å². The molecule has 0 radical (unpaired) electrons. The zero-order valence-electron chi connectivity index (χ0n) is 21.5. The molecule has 1 aliphatic heterocycles. The summed E-state index contributed by atoms with van der Waals surface area (Å²) in [5.41, 5.74) is 1.85. The summed E-state index contributed by atoms with van der Waals surface area (Å²) in [5, 5.41) is 7.42. The first kappa shape index (κ1) is 27.6. The van der Waals surface area contributed by atoms with Crippen LogP contribution < -0.4 is 5.32 Å². The number of carbonyl (C=O) groups is 2. The molecule has 9 nitrogen and oxygen atoms in total. The van der Waals surface area contributed by atoms with Crippen molar-refractivity contribution in [2.75, 3.05) is 25.5 Å². The monoisotopic (exact) mass is 551 g/mol. The first-order valence-electron chi connectivity index (χ1n) is 12.2. The van der Waals surface area contributed by atoms with E-state index in [1.54, 1.807) is 11.1 Å². The summed E-state index contributed by atoms with van der Waals surface area (Å²) in [6, 6.07) is 3.67. The van der Waals surface area contributed by atoms with Gasteiger partial charge in [0.1, 0.15) is 0 Å². The Morgan fingerprint density at radius 2 is 1.79 bits per heavy atom. The van der Waals surface area contributed by atoms with Gasteiger partial charge in [-0.05, 0) is 48.1 Å². The highest BCUT2D eigenvalue weighted by Crippen LogP contribution is 2.39. The van der Waals surface area contributed by atoms with Gasteiger partial charge in [0.05, 0.1) is 17.6 Å². The maximum absolute atomic E-state index is 14.2. The maximum Gasteiger partial charge on any atom is 0.413 e. The molecular weight excluding hydrogens is 523 g/mol. The summed E-state index contributed by atoms with van der Waals surface area (Å²) in [4.78, 5) is 35.3. The van der Waals surface area contributed by atoms with E-state index < -0.39 is 24.0 Å². The van der Waals surface area contributed by atoms with Crippen LogP contribution in [0.1, 0.15) is 56.8 Å². The number of carbonyl (C=O) groups excluding carboxylic acids is 2. The molecule has 1 atom stereocenters. The molecule has 38 heavy (non-hydrogen) atoms. The van der Waals surface area contributed by atoms with E-state index in [4.69, 9.17) is 11.6 Å². The Morgan fingerprint density at radius 3 is 2.34 bits per heavy atom. The molecule has 2 amide bonds. The van der Waals surface area contributed by atoms with E-state index in [1.165, 1.54) is 42.8 Å². The molecule has 1 saturated heterocycles. The first-order valence-corrected chi connectivity index (χ1v) is 12.6. The first-order chi connectivity index (χ1) is 17.9. The number of halogens is 4. The van der Waals surface area contributed by atoms with Crippen LogP contribution in [0.5, 0.6) is 0 Å². The van der Waals surface area contributed by atoms with E-state index in [1.807, 2.05) is 13.8 Å². The second kappa shape index (κ2) is 10.8. The van der Waals surface area contributed by atoms with Crippen LogP contribution >= 0.6 is 11.6 Å². The lowest BCUT2D eigenvalue weighted by Gasteiger charge is -2.36. The molecule has 0 spiro atoms. The van der Waals surface area contributed by atoms with Gasteiger partial charge in [-0.1, -0.05) is 26.0 Å². The number of aromatic nitrogens is 4. The van der Waals surface area contributed by atoms with Gasteiger partial charge in [-0.25, -0.2) is 4.98 Å². The SMILES string of the molecule is CC(=O)N1CCC(C(=O)N(C)[C@@H](c2ccc(Nc3cnc4nc(Cl)nn4c3C(C)C)cc2)C(F)(F)F)CC1. The fraction of sp³-hybridized carbons (Fsp3) is 0.480. The summed E-state index contributed by atoms with van der Waals surface area (Å²) in [5.74, 6) is -0.898. The number of anilines is 2. The molecule has 0 unspecified atom stereocenters. The van der Waals surface area contributed by atoms with Crippen LogP contribution in [0.2, 0.25) is 5.28 Å². The lowest BCUT2D eigenvalue weighted by Crippen LogP contribution is -2.46. The fourth-order valence-corrected chi connectivity index (χ4v) is 5.02. The second-order valence-corrected chi connectivity index (χ2v) is 10.1. The number of nitrogens with one attached hydrogen (secondary N) is 1. The van der Waals surface area contributed by atoms with Gasteiger partial charge in [0.2, 0.25) is 17.1 Å². The number of nitrogens with zero attached hydrogens (tertiary/aromatic N) is 6. The van der Waals surface area contributed by atoms with Gasteiger partial charge in [0, 0.05) is 38.7 Å². The van der Waals surface area contributed by atoms with Crippen molar-refractivity contribution in [3.05, 3.63) is 47.0 Å². The highest BCUT2D eigenvalue weighted by molar-refractivity contribution is 6.28.